The van der Waals surface area contributed by atoms with Gasteiger partial charge in [0.25, 0.3) is 0 Å². The second-order valence-electron chi connectivity index (χ2n) is 9.26. The van der Waals surface area contributed by atoms with Crippen LogP contribution in [0.25, 0.3) is 0 Å². The van der Waals surface area contributed by atoms with Crippen molar-refractivity contribution in [3.8, 4) is 0 Å². The Morgan fingerprint density at radius 3 is 2.50 bits per heavy atom. The molecule has 3 heterocycles. The summed E-state index contributed by atoms with van der Waals surface area (Å²) in [6, 6.07) is 0.730. The number of piperidine rings is 2. The van der Waals surface area contributed by atoms with Crippen LogP contribution in [0.5, 0.6) is 0 Å². The summed E-state index contributed by atoms with van der Waals surface area (Å²) < 4.78 is 6.07. The van der Waals surface area contributed by atoms with Crippen LogP contribution in [0.15, 0.2) is 0 Å². The van der Waals surface area contributed by atoms with Gasteiger partial charge in [0.05, 0.1) is 0 Å². The highest BCUT2D eigenvalue weighted by molar-refractivity contribution is 4.83. The van der Waals surface area contributed by atoms with Gasteiger partial charge < -0.3 is 9.64 Å². The maximum Gasteiger partial charge on any atom is 0.122 e. The van der Waals surface area contributed by atoms with E-state index in [4.69, 9.17) is 4.74 Å². The summed E-state index contributed by atoms with van der Waals surface area (Å²) in [6.07, 6.45) is 10.8. The Kier molecular flexibility index (Phi) is 6.58. The lowest BCUT2D eigenvalue weighted by Gasteiger charge is -2.38. The first-order valence-corrected chi connectivity index (χ1v) is 10.4. The fourth-order valence-corrected chi connectivity index (χ4v) is 4.69. The molecule has 3 rings (SSSR count). The Labute approximate surface area is 149 Å². The number of nitrogens with one attached hydrogen (secondary N) is 1. The van der Waals surface area contributed by atoms with Crippen LogP contribution in [0.4, 0.5) is 0 Å². The van der Waals surface area contributed by atoms with Crippen molar-refractivity contribution in [2.75, 3.05) is 32.8 Å². The molecule has 0 aromatic heterocycles. The average Bonchev–Trinajstić information content (AvgIpc) is 2.97. The number of unbranched alkanes of at least 4 members (excludes halogenated alkanes) is 1. The fraction of sp³-hybridized carbons (Fsp3) is 1.00. The number of hydrogen-bond donors (Lipinski definition) is 1. The molecule has 0 aromatic rings. The Bertz CT molecular complexity index is 360. The zero-order chi connectivity index (χ0) is 17.0. The first-order chi connectivity index (χ1) is 11.5. The molecule has 2 unspecified atom stereocenters. The highest BCUT2D eigenvalue weighted by Crippen LogP contribution is 2.34. The summed E-state index contributed by atoms with van der Waals surface area (Å²) in [5.74, 6) is 0.907. The van der Waals surface area contributed by atoms with E-state index in [1.54, 1.807) is 0 Å². The second kappa shape index (κ2) is 8.48. The molecule has 1 N–H and O–H groups in total. The Balaban J connectivity index is 1.22. The van der Waals surface area contributed by atoms with Gasteiger partial charge in [0, 0.05) is 25.6 Å². The topological polar surface area (TPSA) is 27.7 Å². The maximum absolute atomic E-state index is 6.07. The van der Waals surface area contributed by atoms with Gasteiger partial charge in [-0.25, -0.2) is 10.4 Å². The predicted octanol–water partition coefficient (Wildman–Crippen LogP) is 3.63. The first kappa shape index (κ1) is 18.6. The minimum Gasteiger partial charge on any atom is -0.362 e. The van der Waals surface area contributed by atoms with E-state index >= 15 is 0 Å². The third kappa shape index (κ3) is 5.17. The second-order valence-corrected chi connectivity index (χ2v) is 9.26. The Morgan fingerprint density at radius 2 is 1.79 bits per heavy atom. The molecule has 2 atom stereocenters. The fourth-order valence-electron chi connectivity index (χ4n) is 4.69. The van der Waals surface area contributed by atoms with Crippen molar-refractivity contribution in [3.05, 3.63) is 0 Å². The van der Waals surface area contributed by atoms with Crippen molar-refractivity contribution >= 4 is 0 Å². The van der Waals surface area contributed by atoms with Crippen LogP contribution in [0.2, 0.25) is 0 Å². The van der Waals surface area contributed by atoms with E-state index in [1.165, 1.54) is 77.5 Å². The van der Waals surface area contributed by atoms with Gasteiger partial charge in [-0.15, -0.1) is 0 Å². The predicted molar refractivity (Wildman–Crippen MR) is 99.7 cm³/mol. The molecule has 4 heteroatoms. The molecule has 3 fully saturated rings. The molecular weight excluding hydrogens is 298 g/mol. The number of hydrogen-bond acceptors (Lipinski definition) is 4. The number of likely N-dealkylation sites (tertiary alicyclic amines) is 1. The molecule has 0 amide bonds. The Morgan fingerprint density at radius 1 is 1.00 bits per heavy atom. The summed E-state index contributed by atoms with van der Waals surface area (Å²) in [5, 5.41) is 2.42. The molecule has 0 aliphatic carbocycles. The van der Waals surface area contributed by atoms with Gasteiger partial charge in [-0.1, -0.05) is 27.2 Å². The van der Waals surface area contributed by atoms with Crippen LogP contribution in [-0.4, -0.2) is 55.0 Å². The quantitative estimate of drug-likeness (QED) is 0.749. The minimum atomic E-state index is 0.274. The average molecular weight is 338 g/mol. The van der Waals surface area contributed by atoms with Crippen molar-refractivity contribution in [1.82, 2.24) is 15.3 Å². The lowest BCUT2D eigenvalue weighted by molar-refractivity contribution is 0.0120. The number of fused-ring (bicyclic) bond motifs is 1. The standard InChI is InChI=1S/C20H39N3O/c1-20(2,3)17-9-13-22(14-10-17)11-6-7-15-24-19-16-18-8-4-5-12-23(18)21-19/h17-19,21H,4-16H2,1-3H3. The van der Waals surface area contributed by atoms with E-state index in [1.807, 2.05) is 0 Å². The van der Waals surface area contributed by atoms with Crippen molar-refractivity contribution in [2.24, 2.45) is 11.3 Å². The highest BCUT2D eigenvalue weighted by atomic mass is 16.5. The molecule has 24 heavy (non-hydrogen) atoms. The van der Waals surface area contributed by atoms with Gasteiger partial charge >= 0.3 is 0 Å². The van der Waals surface area contributed by atoms with Crippen LogP contribution in [0, 0.1) is 11.3 Å². The summed E-state index contributed by atoms with van der Waals surface area (Å²) in [4.78, 5) is 2.66. The molecule has 3 saturated heterocycles. The number of rotatable bonds is 6. The van der Waals surface area contributed by atoms with Crippen LogP contribution >= 0.6 is 0 Å². The van der Waals surface area contributed by atoms with Gasteiger partial charge in [0.15, 0.2) is 0 Å². The van der Waals surface area contributed by atoms with E-state index < -0.39 is 0 Å². The lowest BCUT2D eigenvalue weighted by atomic mass is 9.75. The van der Waals surface area contributed by atoms with Crippen molar-refractivity contribution in [3.63, 3.8) is 0 Å². The number of ether oxygens (including phenoxy) is 1. The molecule has 3 aliphatic heterocycles. The molecule has 0 aromatic carbocycles. The van der Waals surface area contributed by atoms with Crippen LogP contribution in [0.3, 0.4) is 0 Å². The van der Waals surface area contributed by atoms with Crippen molar-refractivity contribution < 1.29 is 4.74 Å². The lowest BCUT2D eigenvalue weighted by Crippen LogP contribution is -2.42. The molecule has 0 saturated carbocycles. The summed E-state index contributed by atoms with van der Waals surface area (Å²) in [5.41, 5.74) is 4.04. The van der Waals surface area contributed by atoms with E-state index in [0.717, 1.165) is 18.6 Å². The molecule has 0 radical (unpaired) electrons. The SMILES string of the molecule is CC(C)(C)C1CCN(CCCCOC2CC3CCCCN3N2)CC1. The molecule has 3 aliphatic rings. The molecule has 4 nitrogen and oxygen atoms in total. The molecule has 140 valence electrons. The van der Waals surface area contributed by atoms with Crippen LogP contribution < -0.4 is 5.43 Å². The van der Waals surface area contributed by atoms with Crippen LogP contribution in [0.1, 0.15) is 72.1 Å². The third-order valence-corrected chi connectivity index (χ3v) is 6.42. The third-order valence-electron chi connectivity index (χ3n) is 6.42. The normalized spacial score (nSPS) is 30.6. The van der Waals surface area contributed by atoms with E-state index in [0.29, 0.717) is 5.41 Å². The van der Waals surface area contributed by atoms with Gasteiger partial charge in [0.1, 0.15) is 6.23 Å². The van der Waals surface area contributed by atoms with E-state index in [9.17, 15) is 0 Å². The van der Waals surface area contributed by atoms with Gasteiger partial charge in [0.2, 0.25) is 0 Å². The summed E-state index contributed by atoms with van der Waals surface area (Å²) in [6.45, 7) is 13.2. The highest BCUT2D eigenvalue weighted by Gasteiger charge is 2.33. The van der Waals surface area contributed by atoms with E-state index in [-0.39, 0.29) is 6.23 Å². The van der Waals surface area contributed by atoms with Crippen molar-refractivity contribution in [1.29, 1.82) is 0 Å². The first-order valence-electron chi connectivity index (χ1n) is 10.4. The minimum absolute atomic E-state index is 0.274. The van der Waals surface area contributed by atoms with E-state index in [2.05, 4.69) is 36.1 Å². The summed E-state index contributed by atoms with van der Waals surface area (Å²) in [7, 11) is 0. The van der Waals surface area contributed by atoms with Crippen molar-refractivity contribution in [2.45, 2.75) is 84.4 Å². The Hall–Kier alpha value is -0.160. The smallest absolute Gasteiger partial charge is 0.122 e. The monoisotopic (exact) mass is 337 g/mol. The number of nitrogens with zero attached hydrogens (tertiary/aromatic N) is 2. The molecule has 0 spiro atoms. The zero-order valence-electron chi connectivity index (χ0n) is 16.2. The summed E-state index contributed by atoms with van der Waals surface area (Å²) >= 11 is 0. The molecule has 0 bridgehead atoms. The van der Waals surface area contributed by atoms with Gasteiger partial charge in [-0.05, 0) is 69.5 Å². The van der Waals surface area contributed by atoms with Gasteiger partial charge in [-0.2, -0.15) is 0 Å². The van der Waals surface area contributed by atoms with Crippen LogP contribution in [-0.2, 0) is 4.74 Å². The van der Waals surface area contributed by atoms with Gasteiger partial charge in [-0.3, -0.25) is 0 Å². The maximum atomic E-state index is 6.07. The molecular formula is C20H39N3O. The number of hydrazine groups is 1. The zero-order valence-corrected chi connectivity index (χ0v) is 16.2. The largest absolute Gasteiger partial charge is 0.362 e.